The topological polar surface area (TPSA) is 46.6 Å². The van der Waals surface area contributed by atoms with Crippen molar-refractivity contribution >= 4 is 40.8 Å². The van der Waals surface area contributed by atoms with Gasteiger partial charge in [0.25, 0.3) is 11.8 Å². The highest BCUT2D eigenvalue weighted by Gasteiger charge is 2.38. The van der Waals surface area contributed by atoms with E-state index in [0.29, 0.717) is 40.1 Å². The SMILES string of the molecule is CCN1C(=O)C(Sc2ccc(Cl)cc2)=C(c2ccc(OCC(C)C)cc2)C1=O. The Labute approximate surface area is 174 Å². The maximum absolute atomic E-state index is 12.9. The molecule has 0 unspecified atom stereocenters. The van der Waals surface area contributed by atoms with Gasteiger partial charge in [-0.2, -0.15) is 0 Å². The fourth-order valence-corrected chi connectivity index (χ4v) is 3.93. The second-order valence-electron chi connectivity index (χ2n) is 6.84. The molecule has 0 bridgehead atoms. The third-order valence-electron chi connectivity index (χ3n) is 4.20. The second kappa shape index (κ2) is 8.84. The van der Waals surface area contributed by atoms with Gasteiger partial charge in [-0.05, 0) is 54.8 Å². The van der Waals surface area contributed by atoms with Gasteiger partial charge in [0.15, 0.2) is 0 Å². The summed E-state index contributed by atoms with van der Waals surface area (Å²) >= 11 is 7.24. The number of hydrogen-bond acceptors (Lipinski definition) is 4. The van der Waals surface area contributed by atoms with Gasteiger partial charge in [-0.25, -0.2) is 0 Å². The van der Waals surface area contributed by atoms with Crippen LogP contribution in [0.1, 0.15) is 26.3 Å². The molecule has 2 amide bonds. The fourth-order valence-electron chi connectivity index (χ4n) is 2.79. The molecule has 3 rings (SSSR count). The molecule has 0 fully saturated rings. The van der Waals surface area contributed by atoms with Crippen molar-refractivity contribution in [3.63, 3.8) is 0 Å². The van der Waals surface area contributed by atoms with Gasteiger partial charge in [0.1, 0.15) is 5.75 Å². The van der Waals surface area contributed by atoms with E-state index in [1.165, 1.54) is 16.7 Å². The van der Waals surface area contributed by atoms with Gasteiger partial charge in [0.2, 0.25) is 0 Å². The number of carbonyl (C=O) groups is 2. The average Bonchev–Trinajstić information content (AvgIpc) is 2.91. The van der Waals surface area contributed by atoms with Gasteiger partial charge in [-0.15, -0.1) is 0 Å². The summed E-state index contributed by atoms with van der Waals surface area (Å²) in [5, 5.41) is 0.625. The lowest BCUT2D eigenvalue weighted by atomic mass is 10.1. The number of ether oxygens (including phenoxy) is 1. The minimum Gasteiger partial charge on any atom is -0.493 e. The van der Waals surface area contributed by atoms with Crippen LogP contribution >= 0.6 is 23.4 Å². The molecule has 2 aromatic rings. The van der Waals surface area contributed by atoms with E-state index in [-0.39, 0.29) is 11.8 Å². The lowest BCUT2D eigenvalue weighted by Crippen LogP contribution is -2.31. The van der Waals surface area contributed by atoms with Crippen molar-refractivity contribution in [1.82, 2.24) is 4.90 Å². The molecule has 1 heterocycles. The number of nitrogens with zero attached hydrogens (tertiary/aromatic N) is 1. The Balaban J connectivity index is 1.94. The van der Waals surface area contributed by atoms with Crippen molar-refractivity contribution < 1.29 is 14.3 Å². The second-order valence-corrected chi connectivity index (χ2v) is 8.36. The van der Waals surface area contributed by atoms with Gasteiger partial charge in [0.05, 0.1) is 17.1 Å². The molecular weight excluding hydrogens is 394 g/mol. The first-order valence-corrected chi connectivity index (χ1v) is 10.4. The molecule has 6 heteroatoms. The van der Waals surface area contributed by atoms with Crippen LogP contribution in [-0.2, 0) is 9.59 Å². The molecule has 1 aliphatic rings. The van der Waals surface area contributed by atoms with Gasteiger partial charge in [0, 0.05) is 16.5 Å². The van der Waals surface area contributed by atoms with Crippen molar-refractivity contribution in [1.29, 1.82) is 0 Å². The molecule has 0 aliphatic carbocycles. The molecule has 0 radical (unpaired) electrons. The van der Waals surface area contributed by atoms with E-state index in [2.05, 4.69) is 13.8 Å². The Kier molecular flexibility index (Phi) is 6.47. The van der Waals surface area contributed by atoms with Gasteiger partial charge >= 0.3 is 0 Å². The summed E-state index contributed by atoms with van der Waals surface area (Å²) in [4.78, 5) is 28.3. The molecule has 0 atom stereocenters. The summed E-state index contributed by atoms with van der Waals surface area (Å²) in [7, 11) is 0. The summed E-state index contributed by atoms with van der Waals surface area (Å²) in [5.41, 5.74) is 1.14. The highest BCUT2D eigenvalue weighted by Crippen LogP contribution is 2.40. The lowest BCUT2D eigenvalue weighted by Gasteiger charge is -2.12. The van der Waals surface area contributed by atoms with E-state index in [4.69, 9.17) is 16.3 Å². The minimum absolute atomic E-state index is 0.261. The van der Waals surface area contributed by atoms with E-state index in [9.17, 15) is 9.59 Å². The zero-order valence-electron chi connectivity index (χ0n) is 16.1. The van der Waals surface area contributed by atoms with Crippen LogP contribution < -0.4 is 4.74 Å². The fraction of sp³-hybridized carbons (Fsp3) is 0.273. The molecular formula is C22H22ClNO3S. The Morgan fingerprint density at radius 2 is 1.64 bits per heavy atom. The number of halogens is 1. The molecule has 1 aliphatic heterocycles. The molecule has 0 saturated heterocycles. The van der Waals surface area contributed by atoms with Crippen LogP contribution in [-0.4, -0.2) is 29.9 Å². The van der Waals surface area contributed by atoms with E-state index >= 15 is 0 Å². The summed E-state index contributed by atoms with van der Waals surface area (Å²) in [6, 6.07) is 14.5. The van der Waals surface area contributed by atoms with E-state index in [1.807, 2.05) is 36.4 Å². The molecule has 0 saturated carbocycles. The van der Waals surface area contributed by atoms with Crippen molar-refractivity contribution in [2.24, 2.45) is 5.92 Å². The third-order valence-corrected chi connectivity index (χ3v) is 5.54. The molecule has 0 spiro atoms. The maximum atomic E-state index is 12.9. The van der Waals surface area contributed by atoms with Crippen LogP contribution in [0.4, 0.5) is 0 Å². The number of amides is 2. The number of carbonyl (C=O) groups excluding carboxylic acids is 2. The number of hydrogen-bond donors (Lipinski definition) is 0. The monoisotopic (exact) mass is 415 g/mol. The predicted molar refractivity (Wildman–Crippen MR) is 113 cm³/mol. The lowest BCUT2D eigenvalue weighted by molar-refractivity contribution is -0.136. The Hall–Kier alpha value is -2.24. The quantitative estimate of drug-likeness (QED) is 0.578. The van der Waals surface area contributed by atoms with Gasteiger partial charge in [-0.1, -0.05) is 49.3 Å². The first-order valence-electron chi connectivity index (χ1n) is 9.17. The van der Waals surface area contributed by atoms with Gasteiger partial charge < -0.3 is 4.74 Å². The first kappa shape index (κ1) is 20.5. The summed E-state index contributed by atoms with van der Waals surface area (Å²) in [6.07, 6.45) is 0. The van der Waals surface area contributed by atoms with Crippen molar-refractivity contribution in [2.75, 3.05) is 13.2 Å². The Morgan fingerprint density at radius 1 is 1.00 bits per heavy atom. The third kappa shape index (κ3) is 4.42. The van der Waals surface area contributed by atoms with Crippen molar-refractivity contribution in [3.05, 3.63) is 64.0 Å². The Bertz CT molecular complexity index is 904. The highest BCUT2D eigenvalue weighted by molar-refractivity contribution is 8.04. The van der Waals surface area contributed by atoms with Gasteiger partial charge in [-0.3, -0.25) is 14.5 Å². The summed E-state index contributed by atoms with van der Waals surface area (Å²) in [5.74, 6) is 0.647. The normalized spacial score (nSPS) is 14.4. The maximum Gasteiger partial charge on any atom is 0.268 e. The number of thioether (sulfide) groups is 1. The van der Waals surface area contributed by atoms with Crippen LogP contribution in [0.5, 0.6) is 5.75 Å². The van der Waals surface area contributed by atoms with E-state index < -0.39 is 0 Å². The van der Waals surface area contributed by atoms with E-state index in [1.54, 1.807) is 19.1 Å². The van der Waals surface area contributed by atoms with Crippen LogP contribution in [0, 0.1) is 5.92 Å². The molecule has 0 aromatic heterocycles. The summed E-state index contributed by atoms with van der Waals surface area (Å²) < 4.78 is 5.71. The predicted octanol–water partition coefficient (Wildman–Crippen LogP) is 5.27. The van der Waals surface area contributed by atoms with Crippen LogP contribution in [0.3, 0.4) is 0 Å². The largest absolute Gasteiger partial charge is 0.493 e. The summed E-state index contributed by atoms with van der Waals surface area (Å²) in [6.45, 7) is 6.93. The number of imide groups is 1. The standard InChI is InChI=1S/C22H22ClNO3S/c1-4-24-21(25)19(15-5-9-17(10-6-15)27-13-14(2)3)20(22(24)26)28-18-11-7-16(23)8-12-18/h5-12,14H,4,13H2,1-3H3. The zero-order chi connectivity index (χ0) is 20.3. The van der Waals surface area contributed by atoms with Crippen LogP contribution in [0.2, 0.25) is 5.02 Å². The molecule has 146 valence electrons. The molecule has 28 heavy (non-hydrogen) atoms. The van der Waals surface area contributed by atoms with E-state index in [0.717, 1.165) is 10.6 Å². The minimum atomic E-state index is -0.264. The number of rotatable bonds is 7. The number of likely N-dealkylation sites (N-methyl/N-ethyl adjacent to an activating group) is 1. The molecule has 2 aromatic carbocycles. The zero-order valence-corrected chi connectivity index (χ0v) is 17.6. The average molecular weight is 416 g/mol. The van der Waals surface area contributed by atoms with Crippen molar-refractivity contribution in [3.8, 4) is 5.75 Å². The van der Waals surface area contributed by atoms with Crippen LogP contribution in [0.25, 0.3) is 5.57 Å². The molecule has 4 nitrogen and oxygen atoms in total. The highest BCUT2D eigenvalue weighted by atomic mass is 35.5. The first-order chi connectivity index (χ1) is 13.4. The smallest absolute Gasteiger partial charge is 0.268 e. The number of benzene rings is 2. The molecule has 0 N–H and O–H groups in total. The van der Waals surface area contributed by atoms with Crippen LogP contribution in [0.15, 0.2) is 58.3 Å². The Morgan fingerprint density at radius 3 is 2.21 bits per heavy atom. The van der Waals surface area contributed by atoms with Crippen molar-refractivity contribution in [2.45, 2.75) is 25.7 Å².